The Morgan fingerprint density at radius 1 is 1.26 bits per heavy atom. The van der Waals surface area contributed by atoms with Crippen molar-refractivity contribution >= 4 is 18.3 Å². The van der Waals surface area contributed by atoms with Gasteiger partial charge in [-0.1, -0.05) is 42.4 Å². The Bertz CT molecular complexity index is 869. The van der Waals surface area contributed by atoms with Gasteiger partial charge in [0.15, 0.2) is 0 Å². The summed E-state index contributed by atoms with van der Waals surface area (Å²) in [6.45, 7) is 7.86. The van der Waals surface area contributed by atoms with E-state index in [1.807, 2.05) is 39.0 Å². The zero-order valence-electron chi connectivity index (χ0n) is 18.1. The largest absolute Gasteiger partial charge is 0.417 e. The van der Waals surface area contributed by atoms with Gasteiger partial charge in [0.2, 0.25) is 6.41 Å². The van der Waals surface area contributed by atoms with E-state index in [-0.39, 0.29) is 18.6 Å². The molecule has 0 fully saturated rings. The molecule has 0 aliphatic rings. The summed E-state index contributed by atoms with van der Waals surface area (Å²) in [6, 6.07) is 6.64. The van der Waals surface area contributed by atoms with E-state index in [0.29, 0.717) is 5.71 Å². The van der Waals surface area contributed by atoms with Gasteiger partial charge in [0.05, 0.1) is 17.5 Å². The summed E-state index contributed by atoms with van der Waals surface area (Å²) in [5.74, 6) is 0. The van der Waals surface area contributed by atoms with Crippen LogP contribution in [-0.2, 0) is 27.3 Å². The third kappa shape index (κ3) is 9.75. The predicted molar refractivity (Wildman–Crippen MR) is 114 cm³/mol. The molecular formula is C21H27F3N4O3. The Kier molecular flexibility index (Phi) is 12.9. The number of benzene rings is 1. The molecule has 1 amide bonds. The highest BCUT2D eigenvalue weighted by molar-refractivity contribution is 5.99. The van der Waals surface area contributed by atoms with Crippen LogP contribution in [0.3, 0.4) is 0 Å². The molecule has 0 spiro atoms. The minimum absolute atomic E-state index is 0.140. The summed E-state index contributed by atoms with van der Waals surface area (Å²) in [6.07, 6.45) is -0.978. The number of aryl methyl sites for hydroxylation is 1. The first kappa shape index (κ1) is 27.6. The van der Waals surface area contributed by atoms with Crippen molar-refractivity contribution in [3.05, 3.63) is 64.5 Å². The first-order chi connectivity index (χ1) is 14.7. The van der Waals surface area contributed by atoms with Crippen LogP contribution in [0.25, 0.3) is 0 Å². The topological polar surface area (TPSA) is 99.2 Å². The van der Waals surface area contributed by atoms with Gasteiger partial charge in [0.1, 0.15) is 13.7 Å². The Hall–Kier alpha value is -3.43. The van der Waals surface area contributed by atoms with Crippen molar-refractivity contribution in [3.8, 4) is 0 Å². The fraction of sp³-hybridized carbons (Fsp3) is 0.333. The molecule has 0 bridgehead atoms. The molecule has 7 nitrogen and oxygen atoms in total. The lowest BCUT2D eigenvalue weighted by Crippen LogP contribution is -2.06. The zero-order chi connectivity index (χ0) is 23.9. The number of hydrogen-bond donors (Lipinski definition) is 1. The number of oxime groups is 2. The number of alkyl halides is 3. The van der Waals surface area contributed by atoms with Gasteiger partial charge in [-0.15, -0.1) is 0 Å². The molecule has 1 aromatic heterocycles. The number of hydrogen-bond acceptors (Lipinski definition) is 6. The molecule has 2 aromatic rings. The van der Waals surface area contributed by atoms with E-state index in [1.54, 1.807) is 6.92 Å². The van der Waals surface area contributed by atoms with Crippen LogP contribution in [0.15, 0.2) is 47.0 Å². The fourth-order valence-corrected chi connectivity index (χ4v) is 2.30. The van der Waals surface area contributed by atoms with Crippen LogP contribution in [0, 0.1) is 6.92 Å². The van der Waals surface area contributed by atoms with Crippen LogP contribution in [0.2, 0.25) is 0 Å². The van der Waals surface area contributed by atoms with Crippen molar-refractivity contribution in [2.75, 3.05) is 7.11 Å². The summed E-state index contributed by atoms with van der Waals surface area (Å²) >= 11 is 0. The van der Waals surface area contributed by atoms with Gasteiger partial charge in [0, 0.05) is 29.1 Å². The molecule has 1 aromatic carbocycles. The second-order valence-corrected chi connectivity index (χ2v) is 5.61. The summed E-state index contributed by atoms with van der Waals surface area (Å²) < 4.78 is 38.0. The number of nitrogens with zero attached hydrogens (tertiary/aromatic N) is 3. The van der Waals surface area contributed by atoms with Gasteiger partial charge >= 0.3 is 6.18 Å². The lowest BCUT2D eigenvalue weighted by atomic mass is 10.00. The van der Waals surface area contributed by atoms with Crippen molar-refractivity contribution in [2.45, 2.75) is 40.5 Å². The highest BCUT2D eigenvalue weighted by atomic mass is 19.4. The molecule has 31 heavy (non-hydrogen) atoms. The minimum atomic E-state index is -4.45. The summed E-state index contributed by atoms with van der Waals surface area (Å²) in [7, 11) is 1.46. The Balaban J connectivity index is 0.00000165. The van der Waals surface area contributed by atoms with E-state index < -0.39 is 11.7 Å². The molecule has 2 rings (SSSR count). The molecule has 0 saturated carbocycles. The number of aromatic nitrogens is 1. The maximum atomic E-state index is 12.7. The van der Waals surface area contributed by atoms with Crippen LogP contribution in [0.5, 0.6) is 0 Å². The Morgan fingerprint density at radius 3 is 2.48 bits per heavy atom. The second kappa shape index (κ2) is 14.5. The number of rotatable bonds is 6. The van der Waals surface area contributed by atoms with Crippen molar-refractivity contribution in [1.29, 1.82) is 0 Å². The molecule has 0 aliphatic carbocycles. The van der Waals surface area contributed by atoms with Gasteiger partial charge in [-0.2, -0.15) is 13.2 Å². The van der Waals surface area contributed by atoms with Crippen molar-refractivity contribution in [2.24, 2.45) is 16.0 Å². The monoisotopic (exact) mass is 440 g/mol. The van der Waals surface area contributed by atoms with E-state index in [0.717, 1.165) is 29.0 Å². The predicted octanol–water partition coefficient (Wildman–Crippen LogP) is 4.46. The summed E-state index contributed by atoms with van der Waals surface area (Å²) in [5.41, 5.74) is 6.90. The highest BCUT2D eigenvalue weighted by Gasteiger charge is 2.30. The maximum absolute atomic E-state index is 12.7. The maximum Gasteiger partial charge on any atom is 0.417 e. The van der Waals surface area contributed by atoms with Crippen LogP contribution < -0.4 is 5.73 Å². The second-order valence-electron chi connectivity index (χ2n) is 5.61. The van der Waals surface area contributed by atoms with E-state index >= 15 is 0 Å². The first-order valence-corrected chi connectivity index (χ1v) is 9.24. The van der Waals surface area contributed by atoms with Crippen LogP contribution in [0.4, 0.5) is 13.2 Å². The molecule has 170 valence electrons. The molecule has 2 N–H and O–H groups in total. The third-order valence-electron chi connectivity index (χ3n) is 3.60. The zero-order valence-corrected chi connectivity index (χ0v) is 18.1. The summed E-state index contributed by atoms with van der Waals surface area (Å²) in [5, 5.41) is 7.66. The molecule has 1 heterocycles. The smallest absolute Gasteiger partial charge is 0.399 e. The van der Waals surface area contributed by atoms with E-state index in [9.17, 15) is 13.2 Å². The van der Waals surface area contributed by atoms with Gasteiger partial charge in [0.25, 0.3) is 0 Å². The number of carbonyl (C=O) groups is 1. The number of primary amides is 1. The highest BCUT2D eigenvalue weighted by Crippen LogP contribution is 2.28. The number of pyridine rings is 1. The van der Waals surface area contributed by atoms with Crippen LogP contribution in [0.1, 0.15) is 48.6 Å². The number of halogens is 3. The van der Waals surface area contributed by atoms with Gasteiger partial charge in [-0.05, 0) is 25.5 Å². The molecule has 10 heteroatoms. The van der Waals surface area contributed by atoms with Gasteiger partial charge < -0.3 is 15.4 Å². The van der Waals surface area contributed by atoms with Crippen molar-refractivity contribution < 1.29 is 27.6 Å². The molecule has 0 saturated heterocycles. The molecular weight excluding hydrogens is 413 g/mol. The Morgan fingerprint density at radius 2 is 1.90 bits per heavy atom. The number of nitrogens with two attached hydrogens (primary N) is 1. The lowest BCUT2D eigenvalue weighted by Gasteiger charge is -2.11. The average Bonchev–Trinajstić information content (AvgIpc) is 2.74. The molecule has 0 radical (unpaired) electrons. The molecule has 0 aliphatic heterocycles. The van der Waals surface area contributed by atoms with E-state index in [1.165, 1.54) is 19.5 Å². The van der Waals surface area contributed by atoms with Crippen molar-refractivity contribution in [1.82, 2.24) is 4.98 Å². The van der Waals surface area contributed by atoms with Crippen LogP contribution >= 0.6 is 0 Å². The van der Waals surface area contributed by atoms with E-state index in [2.05, 4.69) is 21.0 Å². The van der Waals surface area contributed by atoms with Gasteiger partial charge in [-0.25, -0.2) is 0 Å². The minimum Gasteiger partial charge on any atom is -0.399 e. The van der Waals surface area contributed by atoms with Crippen molar-refractivity contribution in [3.63, 3.8) is 0 Å². The normalized spacial score (nSPS) is 11.0. The van der Waals surface area contributed by atoms with Gasteiger partial charge in [-0.3, -0.25) is 9.78 Å². The average molecular weight is 440 g/mol. The third-order valence-corrected chi connectivity index (χ3v) is 3.60. The number of amides is 1. The fourth-order valence-electron chi connectivity index (χ4n) is 2.30. The quantitative estimate of drug-likeness (QED) is 0.407. The standard InChI is InChI=1S/C18H18F3N3O2.C2H6.CH3NO/c1-12-5-4-6-16(13(2)24-25-3)17(12)11-26-23-9-14-7-15(10-22-8-14)18(19,20)21;1-2;2-1-3/h4-10H,11H2,1-3H3;1-2H3;1H,(H2,2,3)/b23-9+,24-13-;;. The SMILES string of the molecule is CC.CO/N=C(/C)c1cccc(C)c1CO/N=C/c1cncc(C(F)(F)F)c1.NC=O. The lowest BCUT2D eigenvalue weighted by molar-refractivity contribution is -0.137. The first-order valence-electron chi connectivity index (χ1n) is 9.24. The van der Waals surface area contributed by atoms with Crippen LogP contribution in [-0.4, -0.2) is 30.4 Å². The summed E-state index contributed by atoms with van der Waals surface area (Å²) in [4.78, 5) is 22.2. The number of carbonyl (C=O) groups excluding carboxylic acids is 1. The molecule has 0 unspecified atom stereocenters. The van der Waals surface area contributed by atoms with E-state index in [4.69, 9.17) is 14.5 Å². The molecule has 0 atom stereocenters. The Labute approximate surface area is 179 Å².